The Kier molecular flexibility index (Phi) is 3.13. The maximum atomic E-state index is 10.2. The molecule has 1 heterocycles. The summed E-state index contributed by atoms with van der Waals surface area (Å²) in [5, 5.41) is 5.66. The smallest absolute Gasteiger partial charge is 0.312 e. The molecule has 1 rings (SSSR count). The van der Waals surface area contributed by atoms with E-state index < -0.39 is 6.03 Å². The van der Waals surface area contributed by atoms with E-state index in [1.807, 2.05) is 0 Å². The molecule has 0 bridgehead atoms. The van der Waals surface area contributed by atoms with Crippen molar-refractivity contribution in [2.75, 3.05) is 26.3 Å². The number of rotatable bonds is 4. The molecule has 5 nitrogen and oxygen atoms in total. The molecule has 0 unspecified atom stereocenters. The van der Waals surface area contributed by atoms with Gasteiger partial charge in [0.2, 0.25) is 0 Å². The van der Waals surface area contributed by atoms with Gasteiger partial charge in [-0.05, 0) is 0 Å². The Morgan fingerprint density at radius 2 is 2.27 bits per heavy atom. The second-order valence-electron chi connectivity index (χ2n) is 2.48. The first-order valence-electron chi connectivity index (χ1n) is 3.63. The molecule has 0 aromatic heterocycles. The Balaban J connectivity index is 1.83. The molecule has 0 aliphatic carbocycles. The zero-order valence-corrected chi connectivity index (χ0v) is 6.30. The predicted molar refractivity (Wildman–Crippen MR) is 40.2 cm³/mol. The number of nitrogens with one attached hydrogen (secondary N) is 2. The maximum absolute atomic E-state index is 10.2. The van der Waals surface area contributed by atoms with E-state index in [9.17, 15) is 4.79 Å². The van der Waals surface area contributed by atoms with Gasteiger partial charge in [0.15, 0.2) is 0 Å². The molecule has 0 aromatic carbocycles. The molecule has 0 aromatic rings. The third-order valence-electron chi connectivity index (χ3n) is 1.50. The zero-order chi connectivity index (χ0) is 8.10. The summed E-state index contributed by atoms with van der Waals surface area (Å²) in [6.07, 6.45) is 0. The van der Waals surface area contributed by atoms with Crippen molar-refractivity contribution in [3.63, 3.8) is 0 Å². The van der Waals surface area contributed by atoms with Crippen molar-refractivity contribution in [2.24, 2.45) is 5.73 Å². The standard InChI is InChI=1S/C6H13N3O2/c7-6(10)9-2-1-8-5-3-11-4-5/h5,8H,1-4H2,(H3,7,9,10). The van der Waals surface area contributed by atoms with Crippen LogP contribution in [0.1, 0.15) is 0 Å². The largest absolute Gasteiger partial charge is 0.378 e. The number of carbonyl (C=O) groups excluding carboxylic acids is 1. The van der Waals surface area contributed by atoms with Crippen LogP contribution in [0.25, 0.3) is 0 Å². The molecule has 5 heteroatoms. The van der Waals surface area contributed by atoms with Gasteiger partial charge in [0.1, 0.15) is 0 Å². The van der Waals surface area contributed by atoms with Gasteiger partial charge < -0.3 is 21.1 Å². The van der Waals surface area contributed by atoms with E-state index in [1.54, 1.807) is 0 Å². The number of ether oxygens (including phenoxy) is 1. The van der Waals surface area contributed by atoms with Crippen LogP contribution in [0.3, 0.4) is 0 Å². The monoisotopic (exact) mass is 159 g/mol. The van der Waals surface area contributed by atoms with Gasteiger partial charge in [0.25, 0.3) is 0 Å². The Bertz CT molecular complexity index is 136. The van der Waals surface area contributed by atoms with Crippen molar-refractivity contribution in [2.45, 2.75) is 6.04 Å². The van der Waals surface area contributed by atoms with Gasteiger partial charge >= 0.3 is 6.03 Å². The van der Waals surface area contributed by atoms with Crippen LogP contribution in [0, 0.1) is 0 Å². The van der Waals surface area contributed by atoms with Gasteiger partial charge in [0, 0.05) is 13.1 Å². The fraction of sp³-hybridized carbons (Fsp3) is 0.833. The van der Waals surface area contributed by atoms with Crippen LogP contribution in [-0.2, 0) is 4.74 Å². The van der Waals surface area contributed by atoms with Gasteiger partial charge in [-0.1, -0.05) is 0 Å². The van der Waals surface area contributed by atoms with E-state index >= 15 is 0 Å². The van der Waals surface area contributed by atoms with Crippen molar-refractivity contribution in [1.82, 2.24) is 10.6 Å². The molecule has 1 fully saturated rings. The average Bonchev–Trinajstić information content (AvgIpc) is 1.82. The van der Waals surface area contributed by atoms with E-state index in [0.29, 0.717) is 12.6 Å². The maximum Gasteiger partial charge on any atom is 0.312 e. The topological polar surface area (TPSA) is 76.4 Å². The molecule has 4 N–H and O–H groups in total. The molecule has 0 spiro atoms. The van der Waals surface area contributed by atoms with E-state index in [1.165, 1.54) is 0 Å². The minimum atomic E-state index is -0.475. The fourth-order valence-corrected chi connectivity index (χ4v) is 0.816. The molecule has 0 atom stereocenters. The Labute approximate surface area is 65.3 Å². The van der Waals surface area contributed by atoms with E-state index in [4.69, 9.17) is 10.5 Å². The fourth-order valence-electron chi connectivity index (χ4n) is 0.816. The minimum Gasteiger partial charge on any atom is -0.378 e. The summed E-state index contributed by atoms with van der Waals surface area (Å²) in [5.41, 5.74) is 4.85. The number of amides is 2. The van der Waals surface area contributed by atoms with Gasteiger partial charge in [-0.2, -0.15) is 0 Å². The lowest BCUT2D eigenvalue weighted by Gasteiger charge is -2.26. The Morgan fingerprint density at radius 3 is 2.73 bits per heavy atom. The van der Waals surface area contributed by atoms with Crippen molar-refractivity contribution in [1.29, 1.82) is 0 Å². The highest BCUT2D eigenvalue weighted by molar-refractivity contribution is 5.71. The van der Waals surface area contributed by atoms with Crippen molar-refractivity contribution in [3.8, 4) is 0 Å². The highest BCUT2D eigenvalue weighted by Gasteiger charge is 2.16. The molecule has 1 aliphatic rings. The number of nitrogens with two attached hydrogens (primary N) is 1. The molecule has 0 saturated carbocycles. The van der Waals surface area contributed by atoms with Gasteiger partial charge in [0.05, 0.1) is 19.3 Å². The molecule has 1 aliphatic heterocycles. The van der Waals surface area contributed by atoms with Crippen LogP contribution in [0.5, 0.6) is 0 Å². The van der Waals surface area contributed by atoms with E-state index in [0.717, 1.165) is 19.8 Å². The lowest BCUT2D eigenvalue weighted by molar-refractivity contribution is -0.00457. The number of hydrogen-bond acceptors (Lipinski definition) is 3. The third kappa shape index (κ3) is 3.20. The summed E-state index contributed by atoms with van der Waals surface area (Å²) in [6, 6.07) is -0.0127. The predicted octanol–water partition coefficient (Wildman–Crippen LogP) is -1.36. The Hall–Kier alpha value is -0.810. The highest BCUT2D eigenvalue weighted by Crippen LogP contribution is 1.97. The van der Waals surface area contributed by atoms with Gasteiger partial charge in [-0.3, -0.25) is 0 Å². The number of carbonyl (C=O) groups is 1. The summed E-state index contributed by atoms with van der Waals surface area (Å²) in [7, 11) is 0. The summed E-state index contributed by atoms with van der Waals surface area (Å²) in [4.78, 5) is 10.2. The molecular formula is C6H13N3O2. The van der Waals surface area contributed by atoms with Gasteiger partial charge in [-0.15, -0.1) is 0 Å². The highest BCUT2D eigenvalue weighted by atomic mass is 16.5. The van der Waals surface area contributed by atoms with Crippen LogP contribution in [-0.4, -0.2) is 38.4 Å². The normalized spacial score (nSPS) is 17.5. The molecule has 2 amide bonds. The number of urea groups is 1. The van der Waals surface area contributed by atoms with E-state index in [-0.39, 0.29) is 0 Å². The molecule has 11 heavy (non-hydrogen) atoms. The first-order chi connectivity index (χ1) is 5.29. The van der Waals surface area contributed by atoms with Crippen molar-refractivity contribution >= 4 is 6.03 Å². The van der Waals surface area contributed by atoms with Crippen molar-refractivity contribution in [3.05, 3.63) is 0 Å². The first kappa shape index (κ1) is 8.29. The second-order valence-corrected chi connectivity index (χ2v) is 2.48. The lowest BCUT2D eigenvalue weighted by atomic mass is 10.2. The summed E-state index contributed by atoms with van der Waals surface area (Å²) in [5.74, 6) is 0. The lowest BCUT2D eigenvalue weighted by Crippen LogP contribution is -2.48. The molecule has 1 saturated heterocycles. The van der Waals surface area contributed by atoms with Crippen LogP contribution in [0.4, 0.5) is 4.79 Å². The Morgan fingerprint density at radius 1 is 1.55 bits per heavy atom. The van der Waals surface area contributed by atoms with Crippen LogP contribution >= 0.6 is 0 Å². The quantitative estimate of drug-likeness (QED) is 0.443. The number of primary amides is 1. The van der Waals surface area contributed by atoms with Crippen LogP contribution in [0.2, 0.25) is 0 Å². The molecule has 0 radical (unpaired) electrons. The van der Waals surface area contributed by atoms with E-state index in [2.05, 4.69) is 10.6 Å². The second kappa shape index (κ2) is 4.15. The van der Waals surface area contributed by atoms with Gasteiger partial charge in [-0.25, -0.2) is 4.79 Å². The average molecular weight is 159 g/mol. The first-order valence-corrected chi connectivity index (χ1v) is 3.63. The van der Waals surface area contributed by atoms with Crippen LogP contribution in [0.15, 0.2) is 0 Å². The third-order valence-corrected chi connectivity index (χ3v) is 1.50. The SMILES string of the molecule is NC(=O)NCCNC1COC1. The zero-order valence-electron chi connectivity index (χ0n) is 6.30. The number of hydrogen-bond donors (Lipinski definition) is 3. The molecular weight excluding hydrogens is 146 g/mol. The molecule has 64 valence electrons. The summed E-state index contributed by atoms with van der Waals surface area (Å²) >= 11 is 0. The summed E-state index contributed by atoms with van der Waals surface area (Å²) < 4.78 is 4.94. The van der Waals surface area contributed by atoms with Crippen molar-refractivity contribution < 1.29 is 9.53 Å². The minimum absolute atomic E-state index is 0.463. The van der Waals surface area contributed by atoms with Crippen LogP contribution < -0.4 is 16.4 Å². The summed E-state index contributed by atoms with van der Waals surface area (Å²) in [6.45, 7) is 2.87.